The highest BCUT2D eigenvalue weighted by Gasteiger charge is 2.18. The van der Waals surface area contributed by atoms with Crippen LogP contribution in [0.15, 0.2) is 24.4 Å². The van der Waals surface area contributed by atoms with Crippen molar-refractivity contribution in [1.82, 2.24) is 4.98 Å². The fourth-order valence-electron chi connectivity index (χ4n) is 2.15. The Kier molecular flexibility index (Phi) is 5.20. The van der Waals surface area contributed by atoms with Crippen molar-refractivity contribution in [1.29, 1.82) is 5.26 Å². The molecule has 1 aromatic heterocycles. The second-order valence-corrected chi connectivity index (χ2v) is 5.26. The second-order valence-electron chi connectivity index (χ2n) is 4.88. The van der Waals surface area contributed by atoms with E-state index in [-0.39, 0.29) is 23.1 Å². The monoisotopic (exact) mass is 330 g/mol. The van der Waals surface area contributed by atoms with Crippen molar-refractivity contribution in [2.45, 2.75) is 20.8 Å². The number of hydrogen-bond donors (Lipinski definition) is 0. The predicted octanol–water partition coefficient (Wildman–Crippen LogP) is 4.19. The third-order valence-corrected chi connectivity index (χ3v) is 3.34. The maximum absolute atomic E-state index is 12.0. The molecule has 6 heteroatoms. The largest absolute Gasteiger partial charge is 0.462 e. The van der Waals surface area contributed by atoms with Gasteiger partial charge in [-0.1, -0.05) is 11.6 Å². The van der Waals surface area contributed by atoms with Crippen molar-refractivity contribution >= 4 is 17.6 Å². The van der Waals surface area contributed by atoms with Crippen LogP contribution in [0, 0.1) is 25.2 Å². The second kappa shape index (κ2) is 7.12. The number of pyridine rings is 1. The van der Waals surface area contributed by atoms with E-state index in [1.807, 2.05) is 13.8 Å². The van der Waals surface area contributed by atoms with Crippen molar-refractivity contribution in [2.75, 3.05) is 6.61 Å². The molecule has 0 atom stereocenters. The van der Waals surface area contributed by atoms with Gasteiger partial charge in [0.05, 0.1) is 18.2 Å². The van der Waals surface area contributed by atoms with Gasteiger partial charge in [0, 0.05) is 12.3 Å². The van der Waals surface area contributed by atoms with Gasteiger partial charge in [-0.25, -0.2) is 9.78 Å². The quantitative estimate of drug-likeness (QED) is 0.620. The van der Waals surface area contributed by atoms with Gasteiger partial charge in [0.15, 0.2) is 0 Å². The van der Waals surface area contributed by atoms with Crippen molar-refractivity contribution < 1.29 is 14.3 Å². The number of nitriles is 1. The Hall–Kier alpha value is -2.58. The summed E-state index contributed by atoms with van der Waals surface area (Å²) in [4.78, 5) is 15.9. The molecule has 0 aliphatic rings. The van der Waals surface area contributed by atoms with Gasteiger partial charge < -0.3 is 9.47 Å². The number of hydrogen-bond acceptors (Lipinski definition) is 5. The van der Waals surface area contributed by atoms with Gasteiger partial charge in [-0.2, -0.15) is 5.26 Å². The predicted molar refractivity (Wildman–Crippen MR) is 85.9 cm³/mol. The molecular formula is C17H15ClN2O3. The maximum Gasteiger partial charge on any atom is 0.343 e. The number of carbonyl (C=O) groups excluding carboxylic acids is 1. The van der Waals surface area contributed by atoms with Gasteiger partial charge in [-0.15, -0.1) is 0 Å². The lowest BCUT2D eigenvalue weighted by Gasteiger charge is -2.14. The molecule has 0 aliphatic carbocycles. The molecule has 0 aliphatic heterocycles. The van der Waals surface area contributed by atoms with E-state index in [1.165, 1.54) is 12.3 Å². The summed E-state index contributed by atoms with van der Waals surface area (Å²) < 4.78 is 10.9. The normalized spacial score (nSPS) is 10.0. The summed E-state index contributed by atoms with van der Waals surface area (Å²) in [5, 5.41) is 9.21. The molecule has 0 N–H and O–H groups in total. The van der Waals surface area contributed by atoms with Crippen LogP contribution < -0.4 is 4.74 Å². The van der Waals surface area contributed by atoms with Crippen LogP contribution in [0.1, 0.15) is 34.0 Å². The zero-order valence-corrected chi connectivity index (χ0v) is 13.8. The Balaban J connectivity index is 2.46. The van der Waals surface area contributed by atoms with Crippen LogP contribution in [0.3, 0.4) is 0 Å². The molecule has 2 aromatic rings. The molecule has 0 spiro atoms. The van der Waals surface area contributed by atoms with E-state index < -0.39 is 5.97 Å². The average molecular weight is 331 g/mol. The Morgan fingerprint density at radius 2 is 1.96 bits per heavy atom. The number of aryl methyl sites for hydroxylation is 2. The molecule has 0 fully saturated rings. The van der Waals surface area contributed by atoms with Crippen LogP contribution in [-0.2, 0) is 4.74 Å². The van der Waals surface area contributed by atoms with Gasteiger partial charge in [0.2, 0.25) is 0 Å². The minimum Gasteiger partial charge on any atom is -0.462 e. The smallest absolute Gasteiger partial charge is 0.343 e. The number of nitrogens with zero attached hydrogens (tertiary/aromatic N) is 2. The first-order valence-electron chi connectivity index (χ1n) is 6.98. The molecule has 1 aromatic carbocycles. The zero-order chi connectivity index (χ0) is 17.0. The van der Waals surface area contributed by atoms with Gasteiger partial charge in [-0.05, 0) is 44.0 Å². The molecule has 0 unspecified atom stereocenters. The van der Waals surface area contributed by atoms with E-state index in [4.69, 9.17) is 26.3 Å². The first-order valence-corrected chi connectivity index (χ1v) is 7.36. The molecule has 5 nitrogen and oxygen atoms in total. The van der Waals surface area contributed by atoms with E-state index in [2.05, 4.69) is 11.1 Å². The fraction of sp³-hybridized carbons (Fsp3) is 0.235. The molecule has 0 radical (unpaired) electrons. The van der Waals surface area contributed by atoms with E-state index in [0.717, 1.165) is 11.1 Å². The van der Waals surface area contributed by atoms with E-state index >= 15 is 0 Å². The number of carbonyl (C=O) groups is 1. The van der Waals surface area contributed by atoms with Crippen LogP contribution in [0.5, 0.6) is 11.5 Å². The lowest BCUT2D eigenvalue weighted by atomic mass is 10.1. The highest BCUT2D eigenvalue weighted by molar-refractivity contribution is 6.29. The van der Waals surface area contributed by atoms with Gasteiger partial charge >= 0.3 is 5.97 Å². The topological polar surface area (TPSA) is 72.2 Å². The Labute approximate surface area is 139 Å². The summed E-state index contributed by atoms with van der Waals surface area (Å²) in [6.07, 6.45) is 1.32. The first kappa shape index (κ1) is 16.8. The molecule has 0 amide bonds. The summed E-state index contributed by atoms with van der Waals surface area (Å²) in [5.74, 6) is 0.298. The summed E-state index contributed by atoms with van der Waals surface area (Å²) in [5.41, 5.74) is 2.30. The number of rotatable bonds is 4. The van der Waals surface area contributed by atoms with E-state index in [9.17, 15) is 4.79 Å². The Morgan fingerprint density at radius 3 is 2.52 bits per heavy atom. The SMILES string of the molecule is CCOC(=O)c1cnc(Cl)cc1Oc1c(C)cc(C#N)cc1C. The summed E-state index contributed by atoms with van der Waals surface area (Å²) >= 11 is 5.91. The standard InChI is InChI=1S/C17H15ClN2O3/c1-4-22-17(21)13-9-20-15(18)7-14(13)23-16-10(2)5-12(8-19)6-11(16)3/h5-7,9H,4H2,1-3H3. The summed E-state index contributed by atoms with van der Waals surface area (Å²) in [6, 6.07) is 6.99. The molecule has 118 valence electrons. The number of halogens is 1. The molecular weight excluding hydrogens is 316 g/mol. The Morgan fingerprint density at radius 1 is 1.30 bits per heavy atom. The summed E-state index contributed by atoms with van der Waals surface area (Å²) in [7, 11) is 0. The van der Waals surface area contributed by atoms with Gasteiger partial charge in [0.1, 0.15) is 22.2 Å². The molecule has 0 saturated heterocycles. The fourth-order valence-corrected chi connectivity index (χ4v) is 2.29. The van der Waals surface area contributed by atoms with Crippen molar-refractivity contribution in [3.05, 3.63) is 51.8 Å². The van der Waals surface area contributed by atoms with E-state index in [1.54, 1.807) is 19.1 Å². The number of aromatic nitrogens is 1. The van der Waals surface area contributed by atoms with Crippen LogP contribution >= 0.6 is 11.6 Å². The van der Waals surface area contributed by atoms with Crippen LogP contribution in [0.4, 0.5) is 0 Å². The Bertz CT molecular complexity index is 774. The van der Waals surface area contributed by atoms with Crippen LogP contribution in [0.25, 0.3) is 0 Å². The van der Waals surface area contributed by atoms with Crippen molar-refractivity contribution in [2.24, 2.45) is 0 Å². The molecule has 0 saturated carbocycles. The molecule has 23 heavy (non-hydrogen) atoms. The number of esters is 1. The third kappa shape index (κ3) is 3.79. The highest BCUT2D eigenvalue weighted by Crippen LogP contribution is 2.33. The lowest BCUT2D eigenvalue weighted by Crippen LogP contribution is -2.07. The zero-order valence-electron chi connectivity index (χ0n) is 13.0. The molecule has 2 rings (SSSR count). The average Bonchev–Trinajstić information content (AvgIpc) is 2.50. The van der Waals surface area contributed by atoms with E-state index in [0.29, 0.717) is 11.3 Å². The minimum absolute atomic E-state index is 0.194. The van der Waals surface area contributed by atoms with Gasteiger partial charge in [-0.3, -0.25) is 0 Å². The third-order valence-electron chi connectivity index (χ3n) is 3.13. The van der Waals surface area contributed by atoms with Crippen LogP contribution in [0.2, 0.25) is 5.15 Å². The molecule has 0 bridgehead atoms. The first-order chi connectivity index (χ1) is 11.0. The highest BCUT2D eigenvalue weighted by atomic mass is 35.5. The summed E-state index contributed by atoms with van der Waals surface area (Å²) in [6.45, 7) is 5.62. The minimum atomic E-state index is -0.532. The van der Waals surface area contributed by atoms with Crippen molar-refractivity contribution in [3.8, 4) is 17.6 Å². The lowest BCUT2D eigenvalue weighted by molar-refractivity contribution is 0.0523. The van der Waals surface area contributed by atoms with Crippen molar-refractivity contribution in [3.63, 3.8) is 0 Å². The number of ether oxygens (including phenoxy) is 2. The maximum atomic E-state index is 12.0. The number of benzene rings is 1. The molecule has 1 heterocycles. The van der Waals surface area contributed by atoms with Crippen LogP contribution in [-0.4, -0.2) is 17.6 Å². The van der Waals surface area contributed by atoms with Gasteiger partial charge in [0.25, 0.3) is 0 Å².